The number of aliphatic hydroxyl groups is 2. The summed E-state index contributed by atoms with van der Waals surface area (Å²) in [5.74, 6) is 0. The number of ether oxygens (including phenoxy) is 1. The second kappa shape index (κ2) is 4.44. The first kappa shape index (κ1) is 7.80. The van der Waals surface area contributed by atoms with E-state index in [9.17, 15) is 14.7 Å². The molecule has 0 amide bonds. The summed E-state index contributed by atoms with van der Waals surface area (Å²) in [6.07, 6.45) is -9.65. The fourth-order valence-electron chi connectivity index (χ4n) is 1.37. The van der Waals surface area contributed by atoms with Crippen LogP contribution in [0.2, 0.25) is 0 Å². The molecular formula is C10H14N2O5. The Kier molecular flexibility index (Phi) is 2.04. The number of hydrogen-bond acceptors (Lipinski definition) is 5. The van der Waals surface area contributed by atoms with Gasteiger partial charge < -0.3 is 14.9 Å². The SMILES string of the molecule is [2H]C1([2H])[C@]([2H])(n2cc(C)c(=O)[nH]c2=O)O[C@H](CO)[C@@]1([2H])O. The van der Waals surface area contributed by atoms with Crippen molar-refractivity contribution < 1.29 is 20.4 Å². The van der Waals surface area contributed by atoms with E-state index >= 15 is 0 Å². The molecule has 1 aromatic heterocycles. The Balaban J connectivity index is 2.71. The van der Waals surface area contributed by atoms with Crippen LogP contribution >= 0.6 is 0 Å². The highest BCUT2D eigenvalue weighted by molar-refractivity contribution is 5.02. The maximum Gasteiger partial charge on any atom is 0.330 e. The number of hydrogen-bond donors (Lipinski definition) is 3. The fraction of sp³-hybridized carbons (Fsp3) is 0.600. The Bertz CT molecular complexity index is 685. The van der Waals surface area contributed by atoms with Gasteiger partial charge in [-0.2, -0.15) is 0 Å². The molecule has 0 saturated carbocycles. The summed E-state index contributed by atoms with van der Waals surface area (Å²) in [6, 6.07) is 0. The van der Waals surface area contributed by atoms with E-state index in [1.54, 1.807) is 0 Å². The van der Waals surface area contributed by atoms with Crippen LogP contribution in [-0.2, 0) is 4.74 Å². The van der Waals surface area contributed by atoms with Crippen LogP contribution in [0.3, 0.4) is 0 Å². The quantitative estimate of drug-likeness (QED) is 0.588. The van der Waals surface area contributed by atoms with E-state index in [4.69, 9.17) is 15.3 Å². The van der Waals surface area contributed by atoms with E-state index in [-0.39, 0.29) is 5.56 Å². The molecular weight excluding hydrogens is 228 g/mol. The Hall–Kier alpha value is -1.44. The predicted molar refractivity (Wildman–Crippen MR) is 57.7 cm³/mol. The molecule has 1 aliphatic heterocycles. The maximum atomic E-state index is 11.8. The van der Waals surface area contributed by atoms with Gasteiger partial charge in [-0.25, -0.2) is 4.79 Å². The van der Waals surface area contributed by atoms with Gasteiger partial charge in [0.2, 0.25) is 0 Å². The highest BCUT2D eigenvalue weighted by Gasteiger charge is 2.34. The maximum absolute atomic E-state index is 11.8. The third-order valence-electron chi connectivity index (χ3n) is 2.30. The fourth-order valence-corrected chi connectivity index (χ4v) is 1.37. The highest BCUT2D eigenvalue weighted by atomic mass is 16.5. The lowest BCUT2D eigenvalue weighted by Crippen LogP contribution is -2.33. The summed E-state index contributed by atoms with van der Waals surface area (Å²) in [6.45, 7) is 0.413. The van der Waals surface area contributed by atoms with Gasteiger partial charge in [-0.3, -0.25) is 14.3 Å². The van der Waals surface area contributed by atoms with Gasteiger partial charge in [0.1, 0.15) is 12.3 Å². The van der Waals surface area contributed by atoms with Crippen molar-refractivity contribution in [2.24, 2.45) is 0 Å². The largest absolute Gasteiger partial charge is 0.394 e. The van der Waals surface area contributed by atoms with Crippen LogP contribution in [0.4, 0.5) is 0 Å². The van der Waals surface area contributed by atoms with Crippen LogP contribution in [0.15, 0.2) is 15.8 Å². The number of rotatable bonds is 2. The molecule has 2 rings (SSSR count). The number of aliphatic hydroxyl groups excluding tert-OH is 1. The molecule has 17 heavy (non-hydrogen) atoms. The normalized spacial score (nSPS) is 43.6. The van der Waals surface area contributed by atoms with Gasteiger partial charge in [-0.15, -0.1) is 0 Å². The highest BCUT2D eigenvalue weighted by Crippen LogP contribution is 2.27. The monoisotopic (exact) mass is 246 g/mol. The minimum Gasteiger partial charge on any atom is -0.394 e. The van der Waals surface area contributed by atoms with Crippen LogP contribution in [0.25, 0.3) is 0 Å². The predicted octanol–water partition coefficient (Wildman–Crippen LogP) is -1.51. The van der Waals surface area contributed by atoms with Crippen molar-refractivity contribution in [3.63, 3.8) is 0 Å². The Morgan fingerprint density at radius 3 is 3.06 bits per heavy atom. The van der Waals surface area contributed by atoms with Crippen LogP contribution < -0.4 is 11.2 Å². The van der Waals surface area contributed by atoms with Crippen LogP contribution in [0.1, 0.15) is 23.6 Å². The Morgan fingerprint density at radius 1 is 1.76 bits per heavy atom. The lowest BCUT2D eigenvalue weighted by Gasteiger charge is -2.14. The van der Waals surface area contributed by atoms with Crippen molar-refractivity contribution in [2.45, 2.75) is 31.7 Å². The first-order valence-corrected chi connectivity index (χ1v) is 4.83. The number of aryl methyl sites for hydroxylation is 1. The molecule has 0 radical (unpaired) electrons. The van der Waals surface area contributed by atoms with E-state index in [0.29, 0.717) is 4.57 Å². The summed E-state index contributed by atoms with van der Waals surface area (Å²) in [5, 5.41) is 19.0. The van der Waals surface area contributed by atoms with E-state index in [0.717, 1.165) is 6.20 Å². The molecule has 1 aliphatic rings. The van der Waals surface area contributed by atoms with Gasteiger partial charge in [0.25, 0.3) is 5.56 Å². The van der Waals surface area contributed by atoms with Gasteiger partial charge in [-0.05, 0) is 6.92 Å². The van der Waals surface area contributed by atoms with Gasteiger partial charge in [0.15, 0.2) is 0 Å². The second-order valence-corrected chi connectivity index (χ2v) is 3.55. The lowest BCUT2D eigenvalue weighted by molar-refractivity contribution is -0.0459. The molecule has 3 N–H and O–H groups in total. The van der Waals surface area contributed by atoms with E-state index in [1.165, 1.54) is 6.92 Å². The van der Waals surface area contributed by atoms with Crippen LogP contribution in [0.5, 0.6) is 0 Å². The first-order chi connectivity index (χ1) is 9.49. The molecule has 1 aromatic rings. The minimum atomic E-state index is -3.05. The molecule has 94 valence electrons. The van der Waals surface area contributed by atoms with Crippen molar-refractivity contribution in [2.75, 3.05) is 6.61 Å². The minimum absolute atomic E-state index is 0.0154. The van der Waals surface area contributed by atoms with Crippen molar-refractivity contribution in [1.29, 1.82) is 0 Å². The number of nitrogens with zero attached hydrogens (tertiary/aromatic N) is 1. The Morgan fingerprint density at radius 2 is 2.47 bits per heavy atom. The van der Waals surface area contributed by atoms with Gasteiger partial charge >= 0.3 is 5.69 Å². The van der Waals surface area contributed by atoms with Crippen molar-refractivity contribution >= 4 is 0 Å². The number of aromatic amines is 1. The van der Waals surface area contributed by atoms with Crippen molar-refractivity contribution in [1.82, 2.24) is 9.55 Å². The summed E-state index contributed by atoms with van der Waals surface area (Å²) in [7, 11) is 0. The second-order valence-electron chi connectivity index (χ2n) is 3.55. The standard InChI is InChI=1S/C10H14N2O5/c1-5-3-12(10(16)11-9(5)15)8-2-6(14)7(4-13)17-8/h3,6-8,13-14H,2,4H2,1H3,(H,11,15,16)/t6-,7+,8+/m0/s1/i2D2,6D,8D. The van der Waals surface area contributed by atoms with Crippen molar-refractivity contribution in [3.05, 3.63) is 32.6 Å². The van der Waals surface area contributed by atoms with E-state index < -0.39 is 42.6 Å². The smallest absolute Gasteiger partial charge is 0.330 e. The van der Waals surface area contributed by atoms with Gasteiger partial charge in [0.05, 0.1) is 15.4 Å². The molecule has 3 atom stereocenters. The molecule has 0 unspecified atom stereocenters. The molecule has 7 heteroatoms. The summed E-state index contributed by atoms with van der Waals surface area (Å²) in [5.41, 5.74) is -1.82. The number of nitrogens with one attached hydrogen (secondary N) is 1. The lowest BCUT2D eigenvalue weighted by atomic mass is 10.2. The molecule has 7 nitrogen and oxygen atoms in total. The molecule has 0 aliphatic carbocycles. The Labute approximate surface area is 102 Å². The third-order valence-corrected chi connectivity index (χ3v) is 2.30. The van der Waals surface area contributed by atoms with Crippen molar-refractivity contribution in [3.8, 4) is 0 Å². The molecule has 1 fully saturated rings. The number of H-pyrrole nitrogens is 1. The summed E-state index contributed by atoms with van der Waals surface area (Å²) in [4.78, 5) is 25.0. The summed E-state index contributed by atoms with van der Waals surface area (Å²) < 4.78 is 36.6. The first-order valence-electron chi connectivity index (χ1n) is 6.83. The molecule has 2 heterocycles. The zero-order valence-corrected chi connectivity index (χ0v) is 8.93. The topological polar surface area (TPSA) is 105 Å². The molecule has 0 aromatic carbocycles. The number of aromatic nitrogens is 2. The molecule has 0 bridgehead atoms. The molecule has 0 spiro atoms. The van der Waals surface area contributed by atoms with Gasteiger partial charge in [-0.1, -0.05) is 0 Å². The van der Waals surface area contributed by atoms with E-state index in [1.807, 2.05) is 4.98 Å². The zero-order chi connectivity index (χ0) is 16.2. The molecule has 1 saturated heterocycles. The average Bonchev–Trinajstić information content (AvgIpc) is 2.51. The summed E-state index contributed by atoms with van der Waals surface area (Å²) >= 11 is 0. The van der Waals surface area contributed by atoms with E-state index in [2.05, 4.69) is 0 Å². The van der Waals surface area contributed by atoms with Crippen LogP contribution in [-0.4, -0.2) is 38.6 Å². The van der Waals surface area contributed by atoms with Crippen LogP contribution in [0, 0.1) is 6.92 Å². The average molecular weight is 246 g/mol. The third kappa shape index (κ3) is 2.17. The van der Waals surface area contributed by atoms with Gasteiger partial charge in [0, 0.05) is 20.9 Å². The zero-order valence-electron chi connectivity index (χ0n) is 12.9.